The highest BCUT2D eigenvalue weighted by molar-refractivity contribution is 5.54. The van der Waals surface area contributed by atoms with Crippen molar-refractivity contribution in [2.24, 2.45) is 0 Å². The monoisotopic (exact) mass is 192 g/mol. The van der Waals surface area contributed by atoms with Crippen LogP contribution >= 0.6 is 0 Å². The first-order valence-corrected chi connectivity index (χ1v) is 5.15. The highest BCUT2D eigenvalue weighted by Crippen LogP contribution is 2.21. The minimum atomic E-state index is 0.741. The fourth-order valence-corrected chi connectivity index (χ4v) is 1.90. The molecule has 14 heavy (non-hydrogen) atoms. The number of hydrogen-bond donors (Lipinski definition) is 2. The van der Waals surface area contributed by atoms with Crippen LogP contribution in [0.1, 0.15) is 19.3 Å². The average Bonchev–Trinajstić information content (AvgIpc) is 2.30. The quantitative estimate of drug-likeness (QED) is 0.707. The molecule has 2 N–H and O–H groups in total. The maximum atomic E-state index is 8.68. The van der Waals surface area contributed by atoms with Gasteiger partial charge in [0.15, 0.2) is 0 Å². The Morgan fingerprint density at radius 2 is 1.64 bits per heavy atom. The van der Waals surface area contributed by atoms with E-state index in [1.165, 1.54) is 24.9 Å². The molecule has 3 heteroatoms. The number of piperidine rings is 1. The largest absolute Gasteiger partial charge is 0.372 e. The minimum absolute atomic E-state index is 0.741. The summed E-state index contributed by atoms with van der Waals surface area (Å²) in [6.07, 6.45) is 3.94. The van der Waals surface area contributed by atoms with Gasteiger partial charge in [0, 0.05) is 18.8 Å². The van der Waals surface area contributed by atoms with Crippen LogP contribution in [0.4, 0.5) is 11.4 Å². The van der Waals surface area contributed by atoms with Gasteiger partial charge in [0.2, 0.25) is 0 Å². The van der Waals surface area contributed by atoms with Gasteiger partial charge in [-0.05, 0) is 43.5 Å². The fourth-order valence-electron chi connectivity index (χ4n) is 1.90. The molecule has 0 unspecified atom stereocenters. The summed E-state index contributed by atoms with van der Waals surface area (Å²) in [7, 11) is 0. The molecule has 0 spiro atoms. The molecule has 2 rings (SSSR count). The Kier molecular flexibility index (Phi) is 2.89. The molecule has 0 aromatic heterocycles. The van der Waals surface area contributed by atoms with Crippen LogP contribution in [-0.4, -0.2) is 18.3 Å². The van der Waals surface area contributed by atoms with Crippen molar-refractivity contribution < 1.29 is 5.21 Å². The summed E-state index contributed by atoms with van der Waals surface area (Å²) in [5, 5.41) is 8.68. The maximum absolute atomic E-state index is 8.68. The topological polar surface area (TPSA) is 35.5 Å². The van der Waals surface area contributed by atoms with Gasteiger partial charge < -0.3 is 4.90 Å². The standard InChI is InChI=1S/C11H16N2O/c14-12-10-4-6-11(7-5-10)13-8-2-1-3-9-13/h4-7,12,14H,1-3,8-9H2. The van der Waals surface area contributed by atoms with E-state index in [2.05, 4.69) is 10.4 Å². The molecule has 1 aliphatic rings. The molecule has 3 nitrogen and oxygen atoms in total. The third-order valence-electron chi connectivity index (χ3n) is 2.72. The van der Waals surface area contributed by atoms with Crippen molar-refractivity contribution in [3.8, 4) is 0 Å². The normalized spacial score (nSPS) is 16.8. The number of benzene rings is 1. The average molecular weight is 192 g/mol. The van der Waals surface area contributed by atoms with Crippen LogP contribution in [0.25, 0.3) is 0 Å². The Balaban J connectivity index is 2.07. The fraction of sp³-hybridized carbons (Fsp3) is 0.455. The summed E-state index contributed by atoms with van der Waals surface area (Å²) < 4.78 is 0. The summed E-state index contributed by atoms with van der Waals surface area (Å²) in [5.41, 5.74) is 4.13. The molecule has 1 aliphatic heterocycles. The predicted molar refractivity (Wildman–Crippen MR) is 57.9 cm³/mol. The Bertz CT molecular complexity index is 278. The van der Waals surface area contributed by atoms with E-state index in [-0.39, 0.29) is 0 Å². The number of hydrogen-bond acceptors (Lipinski definition) is 3. The van der Waals surface area contributed by atoms with Crippen molar-refractivity contribution >= 4 is 11.4 Å². The van der Waals surface area contributed by atoms with E-state index >= 15 is 0 Å². The van der Waals surface area contributed by atoms with Crippen LogP contribution in [0, 0.1) is 0 Å². The van der Waals surface area contributed by atoms with Gasteiger partial charge in [-0.15, -0.1) is 0 Å². The number of anilines is 2. The van der Waals surface area contributed by atoms with E-state index in [0.717, 1.165) is 18.8 Å². The van der Waals surface area contributed by atoms with Crippen molar-refractivity contribution in [2.75, 3.05) is 23.5 Å². The van der Waals surface area contributed by atoms with Crippen molar-refractivity contribution in [3.05, 3.63) is 24.3 Å². The third-order valence-corrected chi connectivity index (χ3v) is 2.72. The molecule has 0 aliphatic carbocycles. The number of nitrogens with one attached hydrogen (secondary N) is 1. The lowest BCUT2D eigenvalue weighted by Crippen LogP contribution is -2.29. The van der Waals surface area contributed by atoms with Crippen LogP contribution in [0.2, 0.25) is 0 Å². The lowest BCUT2D eigenvalue weighted by Gasteiger charge is -2.28. The second-order valence-electron chi connectivity index (χ2n) is 3.71. The zero-order valence-electron chi connectivity index (χ0n) is 8.24. The lowest BCUT2D eigenvalue weighted by atomic mass is 10.1. The third kappa shape index (κ3) is 1.99. The Labute approximate surface area is 84.3 Å². The van der Waals surface area contributed by atoms with Gasteiger partial charge in [0.05, 0.1) is 5.69 Å². The molecule has 0 radical (unpaired) electrons. The van der Waals surface area contributed by atoms with Gasteiger partial charge in [-0.1, -0.05) is 0 Å². The van der Waals surface area contributed by atoms with Gasteiger partial charge in [0.25, 0.3) is 0 Å². The van der Waals surface area contributed by atoms with Crippen LogP contribution in [0.3, 0.4) is 0 Å². The molecule has 0 amide bonds. The highest BCUT2D eigenvalue weighted by Gasteiger charge is 2.09. The number of nitrogens with zero attached hydrogens (tertiary/aromatic N) is 1. The molecule has 1 heterocycles. The van der Waals surface area contributed by atoms with E-state index < -0.39 is 0 Å². The second kappa shape index (κ2) is 4.33. The van der Waals surface area contributed by atoms with Crippen molar-refractivity contribution in [1.82, 2.24) is 0 Å². The van der Waals surface area contributed by atoms with Gasteiger partial charge in [-0.3, -0.25) is 10.7 Å². The molecular formula is C11H16N2O. The molecule has 1 saturated heterocycles. The molecule has 1 aromatic rings. The van der Waals surface area contributed by atoms with Crippen LogP contribution < -0.4 is 10.4 Å². The predicted octanol–water partition coefficient (Wildman–Crippen LogP) is 2.48. The summed E-state index contributed by atoms with van der Waals surface area (Å²) in [5.74, 6) is 0. The molecule has 1 aromatic carbocycles. The molecule has 0 bridgehead atoms. The summed E-state index contributed by atoms with van der Waals surface area (Å²) in [6.45, 7) is 2.32. The van der Waals surface area contributed by atoms with Gasteiger partial charge in [0.1, 0.15) is 0 Å². The molecule has 0 atom stereocenters. The van der Waals surface area contributed by atoms with Gasteiger partial charge >= 0.3 is 0 Å². The SMILES string of the molecule is ONc1ccc(N2CCCCC2)cc1. The van der Waals surface area contributed by atoms with Gasteiger partial charge in [-0.2, -0.15) is 0 Å². The number of rotatable bonds is 2. The summed E-state index contributed by atoms with van der Waals surface area (Å²) in [4.78, 5) is 2.39. The molecule has 1 fully saturated rings. The van der Waals surface area contributed by atoms with Crippen LogP contribution in [0.15, 0.2) is 24.3 Å². The summed E-state index contributed by atoms with van der Waals surface area (Å²) >= 11 is 0. The van der Waals surface area contributed by atoms with Crippen LogP contribution in [0.5, 0.6) is 0 Å². The first kappa shape index (κ1) is 9.34. The van der Waals surface area contributed by atoms with Crippen LogP contribution in [-0.2, 0) is 0 Å². The molecule has 76 valence electrons. The highest BCUT2D eigenvalue weighted by atomic mass is 16.5. The molecule has 0 saturated carbocycles. The van der Waals surface area contributed by atoms with E-state index in [9.17, 15) is 0 Å². The van der Waals surface area contributed by atoms with E-state index in [0.29, 0.717) is 0 Å². The Morgan fingerprint density at radius 3 is 2.21 bits per heavy atom. The van der Waals surface area contributed by atoms with E-state index in [4.69, 9.17) is 5.21 Å². The van der Waals surface area contributed by atoms with E-state index in [1.807, 2.05) is 24.3 Å². The van der Waals surface area contributed by atoms with Crippen molar-refractivity contribution in [3.63, 3.8) is 0 Å². The maximum Gasteiger partial charge on any atom is 0.0603 e. The van der Waals surface area contributed by atoms with Crippen molar-refractivity contribution in [1.29, 1.82) is 0 Å². The zero-order valence-corrected chi connectivity index (χ0v) is 8.24. The first-order chi connectivity index (χ1) is 6.90. The first-order valence-electron chi connectivity index (χ1n) is 5.15. The lowest BCUT2D eigenvalue weighted by molar-refractivity contribution is 0.389. The smallest absolute Gasteiger partial charge is 0.0603 e. The van der Waals surface area contributed by atoms with Gasteiger partial charge in [-0.25, -0.2) is 0 Å². The Hall–Kier alpha value is -1.22. The molecular weight excluding hydrogens is 176 g/mol. The zero-order chi connectivity index (χ0) is 9.80. The second-order valence-corrected chi connectivity index (χ2v) is 3.71. The minimum Gasteiger partial charge on any atom is -0.372 e. The van der Waals surface area contributed by atoms with Crippen molar-refractivity contribution in [2.45, 2.75) is 19.3 Å². The van der Waals surface area contributed by atoms with E-state index in [1.54, 1.807) is 0 Å². The Morgan fingerprint density at radius 1 is 1.00 bits per heavy atom. The summed E-state index contributed by atoms with van der Waals surface area (Å²) in [6, 6.07) is 7.88.